The van der Waals surface area contributed by atoms with Gasteiger partial charge in [-0.1, -0.05) is 35.9 Å². The third-order valence-electron chi connectivity index (χ3n) is 3.86. The van der Waals surface area contributed by atoms with E-state index in [1.807, 2.05) is 0 Å². The number of amides is 2. The number of carbonyl (C=O) groups excluding carboxylic acids is 2. The minimum Gasteiger partial charge on any atom is -0.480 e. The van der Waals surface area contributed by atoms with Gasteiger partial charge in [-0.25, -0.2) is 4.79 Å². The van der Waals surface area contributed by atoms with E-state index in [2.05, 4.69) is 5.32 Å². The van der Waals surface area contributed by atoms with Gasteiger partial charge in [0.05, 0.1) is 16.6 Å². The number of carboxylic acid groups (broad SMARTS) is 1. The Kier molecular flexibility index (Phi) is 5.98. The topological polar surface area (TPSA) is 86.7 Å². The molecule has 1 aromatic rings. The number of halogens is 1. The first-order chi connectivity index (χ1) is 11.4. The van der Waals surface area contributed by atoms with Crippen LogP contribution in [0.25, 0.3) is 0 Å². The number of nitrogens with zero attached hydrogens (tertiary/aromatic N) is 1. The lowest BCUT2D eigenvalue weighted by molar-refractivity contribution is -0.142. The summed E-state index contributed by atoms with van der Waals surface area (Å²) in [5, 5.41) is 12.1. The van der Waals surface area contributed by atoms with E-state index >= 15 is 0 Å². The Labute approximate surface area is 145 Å². The summed E-state index contributed by atoms with van der Waals surface area (Å²) < 4.78 is 0. The van der Waals surface area contributed by atoms with Gasteiger partial charge in [0.2, 0.25) is 11.8 Å². The predicted molar refractivity (Wildman–Crippen MR) is 90.9 cm³/mol. The lowest BCUT2D eigenvalue weighted by atomic mass is 10.1. The normalized spacial score (nSPS) is 18.8. The van der Waals surface area contributed by atoms with Gasteiger partial charge in [-0.05, 0) is 25.5 Å². The van der Waals surface area contributed by atoms with Crippen LogP contribution < -0.4 is 10.2 Å². The highest BCUT2D eigenvalue weighted by atomic mass is 35.5. The van der Waals surface area contributed by atoms with Crippen LogP contribution in [0.2, 0.25) is 5.02 Å². The third-order valence-corrected chi connectivity index (χ3v) is 4.18. The molecular weight excluding hydrogens is 332 g/mol. The van der Waals surface area contributed by atoms with E-state index in [9.17, 15) is 14.4 Å². The molecule has 2 amide bonds. The molecule has 0 radical (unpaired) electrons. The van der Waals surface area contributed by atoms with E-state index in [0.29, 0.717) is 10.7 Å². The molecule has 0 bridgehead atoms. The first kappa shape index (κ1) is 18.0. The molecule has 0 aromatic heterocycles. The van der Waals surface area contributed by atoms with Crippen LogP contribution in [0, 0.1) is 5.92 Å². The van der Waals surface area contributed by atoms with Crippen LogP contribution in [-0.2, 0) is 14.4 Å². The molecule has 1 aliphatic heterocycles. The van der Waals surface area contributed by atoms with E-state index in [4.69, 9.17) is 16.7 Å². The number of carbonyl (C=O) groups is 3. The molecule has 0 saturated carbocycles. The number of allylic oxidation sites excluding steroid dienone is 1. The molecule has 1 fully saturated rings. The molecule has 7 heteroatoms. The number of hydrogen-bond acceptors (Lipinski definition) is 3. The maximum absolute atomic E-state index is 12.3. The van der Waals surface area contributed by atoms with Gasteiger partial charge >= 0.3 is 5.97 Å². The fraction of sp³-hybridized carbons (Fsp3) is 0.353. The van der Waals surface area contributed by atoms with Gasteiger partial charge in [-0.2, -0.15) is 0 Å². The first-order valence-corrected chi connectivity index (χ1v) is 8.01. The zero-order valence-corrected chi connectivity index (χ0v) is 14.0. The molecule has 2 unspecified atom stereocenters. The highest BCUT2D eigenvalue weighted by molar-refractivity contribution is 6.33. The quantitative estimate of drug-likeness (QED) is 0.770. The number of aliphatic carboxylic acids is 1. The van der Waals surface area contributed by atoms with Crippen molar-refractivity contribution in [2.24, 2.45) is 5.92 Å². The largest absolute Gasteiger partial charge is 0.480 e. The van der Waals surface area contributed by atoms with Crippen LogP contribution >= 0.6 is 11.6 Å². The average molecular weight is 351 g/mol. The molecule has 2 rings (SSSR count). The third kappa shape index (κ3) is 4.14. The van der Waals surface area contributed by atoms with E-state index in [0.717, 1.165) is 0 Å². The molecule has 1 aromatic carbocycles. The van der Waals surface area contributed by atoms with Crippen molar-refractivity contribution in [2.75, 3.05) is 11.4 Å². The van der Waals surface area contributed by atoms with Gasteiger partial charge in [0.15, 0.2) is 0 Å². The Morgan fingerprint density at radius 1 is 1.46 bits per heavy atom. The minimum absolute atomic E-state index is 0.0347. The molecule has 128 valence electrons. The van der Waals surface area contributed by atoms with Crippen LogP contribution in [0.15, 0.2) is 36.4 Å². The SMILES string of the molecule is C/C=C/CC(NC(=O)C1CC(=O)N(c2ccccc2Cl)C1)C(=O)O. The van der Waals surface area contributed by atoms with Crippen molar-refractivity contribution < 1.29 is 19.5 Å². The molecule has 6 nitrogen and oxygen atoms in total. The maximum Gasteiger partial charge on any atom is 0.326 e. The van der Waals surface area contributed by atoms with Crippen LogP contribution in [0.4, 0.5) is 5.69 Å². The van der Waals surface area contributed by atoms with Crippen LogP contribution in [0.5, 0.6) is 0 Å². The Hall–Kier alpha value is -2.34. The molecule has 24 heavy (non-hydrogen) atoms. The van der Waals surface area contributed by atoms with Crippen LogP contribution in [0.3, 0.4) is 0 Å². The molecule has 1 saturated heterocycles. The van der Waals surface area contributed by atoms with Crippen molar-refractivity contribution in [2.45, 2.75) is 25.8 Å². The zero-order chi connectivity index (χ0) is 17.7. The molecule has 1 aliphatic rings. The molecule has 1 heterocycles. The van der Waals surface area contributed by atoms with Gasteiger partial charge in [-0.3, -0.25) is 9.59 Å². The Balaban J connectivity index is 2.06. The Bertz CT molecular complexity index is 674. The molecule has 0 aliphatic carbocycles. The number of rotatable bonds is 6. The second-order valence-electron chi connectivity index (χ2n) is 5.56. The van der Waals surface area contributed by atoms with Crippen LogP contribution in [-0.4, -0.2) is 35.5 Å². The van der Waals surface area contributed by atoms with Crippen molar-refractivity contribution in [1.82, 2.24) is 5.32 Å². The van der Waals surface area contributed by atoms with E-state index in [-0.39, 0.29) is 25.3 Å². The van der Waals surface area contributed by atoms with Crippen molar-refractivity contribution in [1.29, 1.82) is 0 Å². The summed E-state index contributed by atoms with van der Waals surface area (Å²) >= 11 is 6.10. The van der Waals surface area contributed by atoms with Crippen molar-refractivity contribution >= 4 is 35.1 Å². The lowest BCUT2D eigenvalue weighted by Crippen LogP contribution is -2.44. The number of anilines is 1. The smallest absolute Gasteiger partial charge is 0.326 e. The first-order valence-electron chi connectivity index (χ1n) is 7.63. The Morgan fingerprint density at radius 3 is 2.79 bits per heavy atom. The lowest BCUT2D eigenvalue weighted by Gasteiger charge is -2.19. The second-order valence-corrected chi connectivity index (χ2v) is 5.97. The van der Waals surface area contributed by atoms with Crippen molar-refractivity contribution in [3.8, 4) is 0 Å². The summed E-state index contributed by atoms with van der Waals surface area (Å²) in [6.45, 7) is 1.96. The summed E-state index contributed by atoms with van der Waals surface area (Å²) in [4.78, 5) is 37.2. The van der Waals surface area contributed by atoms with Crippen LogP contribution in [0.1, 0.15) is 19.8 Å². The van der Waals surface area contributed by atoms with Crippen molar-refractivity contribution in [3.63, 3.8) is 0 Å². The standard InChI is InChI=1S/C17H19ClN2O4/c1-2-3-7-13(17(23)24)19-16(22)11-9-15(21)20(10-11)14-8-5-4-6-12(14)18/h2-6,8,11,13H,7,9-10H2,1H3,(H,19,22)(H,23,24)/b3-2+. The number of hydrogen-bond donors (Lipinski definition) is 2. The number of benzene rings is 1. The molecule has 2 N–H and O–H groups in total. The highest BCUT2D eigenvalue weighted by Gasteiger charge is 2.37. The van der Waals surface area contributed by atoms with E-state index in [1.54, 1.807) is 43.3 Å². The van der Waals surface area contributed by atoms with Gasteiger partial charge in [0.1, 0.15) is 6.04 Å². The monoisotopic (exact) mass is 350 g/mol. The van der Waals surface area contributed by atoms with Crippen molar-refractivity contribution in [3.05, 3.63) is 41.4 Å². The van der Waals surface area contributed by atoms with Gasteiger partial charge < -0.3 is 15.3 Å². The number of carboxylic acids is 1. The van der Waals surface area contributed by atoms with E-state index < -0.39 is 23.8 Å². The minimum atomic E-state index is -1.10. The zero-order valence-electron chi connectivity index (χ0n) is 13.2. The molecular formula is C17H19ClN2O4. The summed E-state index contributed by atoms with van der Waals surface area (Å²) in [5.74, 6) is -2.34. The summed E-state index contributed by atoms with van der Waals surface area (Å²) in [7, 11) is 0. The average Bonchev–Trinajstić information content (AvgIpc) is 2.93. The highest BCUT2D eigenvalue weighted by Crippen LogP contribution is 2.31. The second kappa shape index (κ2) is 7.97. The van der Waals surface area contributed by atoms with E-state index in [1.165, 1.54) is 4.90 Å². The molecule has 2 atom stereocenters. The van der Waals surface area contributed by atoms with Gasteiger partial charge in [0, 0.05) is 13.0 Å². The number of para-hydroxylation sites is 1. The molecule has 0 spiro atoms. The summed E-state index contributed by atoms with van der Waals surface area (Å²) in [6.07, 6.45) is 3.63. The fourth-order valence-corrected chi connectivity index (χ4v) is 2.81. The maximum atomic E-state index is 12.3. The Morgan fingerprint density at radius 2 is 2.17 bits per heavy atom. The number of nitrogens with one attached hydrogen (secondary N) is 1. The predicted octanol–water partition coefficient (Wildman–Crippen LogP) is 2.23. The van der Waals surface area contributed by atoms with Gasteiger partial charge in [-0.15, -0.1) is 0 Å². The van der Waals surface area contributed by atoms with Gasteiger partial charge in [0.25, 0.3) is 0 Å². The summed E-state index contributed by atoms with van der Waals surface area (Å²) in [6, 6.07) is 5.91. The fourth-order valence-electron chi connectivity index (χ4n) is 2.57. The summed E-state index contributed by atoms with van der Waals surface area (Å²) in [5.41, 5.74) is 0.558.